The third kappa shape index (κ3) is 1.64. The topological polar surface area (TPSA) is 12.0 Å². The van der Waals surface area contributed by atoms with Crippen LogP contribution in [0.15, 0.2) is 42.1 Å². The van der Waals surface area contributed by atoms with E-state index in [0.29, 0.717) is 0 Å². The van der Waals surface area contributed by atoms with Crippen LogP contribution in [0.3, 0.4) is 0 Å². The Kier molecular flexibility index (Phi) is 2.17. The maximum atomic E-state index is 3.41. The lowest BCUT2D eigenvalue weighted by Crippen LogP contribution is -1.97. The van der Waals surface area contributed by atoms with Crippen molar-refractivity contribution in [2.45, 2.75) is 13.3 Å². The van der Waals surface area contributed by atoms with E-state index >= 15 is 0 Å². The van der Waals surface area contributed by atoms with Gasteiger partial charge in [-0.1, -0.05) is 37.3 Å². The maximum absolute atomic E-state index is 3.41. The molecule has 1 heteroatoms. The van der Waals surface area contributed by atoms with Crippen LogP contribution in [0.1, 0.15) is 18.9 Å². The number of hydrogen-bond donors (Lipinski definition) is 1. The number of benzene rings is 1. The first-order valence-corrected chi connectivity index (χ1v) is 4.63. The molecule has 1 nitrogen and oxygen atoms in total. The summed E-state index contributed by atoms with van der Waals surface area (Å²) in [4.78, 5) is 0. The summed E-state index contributed by atoms with van der Waals surface area (Å²) < 4.78 is 0. The average molecular weight is 171 g/mol. The molecule has 0 fully saturated rings. The zero-order valence-electron chi connectivity index (χ0n) is 7.75. The SMILES string of the molecule is CCC1=CC=Cc2ccccc2N1. The van der Waals surface area contributed by atoms with Gasteiger partial charge in [-0.3, -0.25) is 0 Å². The van der Waals surface area contributed by atoms with Gasteiger partial charge >= 0.3 is 0 Å². The highest BCUT2D eigenvalue weighted by Gasteiger charge is 2.01. The van der Waals surface area contributed by atoms with Crippen LogP contribution >= 0.6 is 0 Å². The quantitative estimate of drug-likeness (QED) is 0.682. The van der Waals surface area contributed by atoms with Gasteiger partial charge < -0.3 is 5.32 Å². The Labute approximate surface area is 78.8 Å². The second-order valence-electron chi connectivity index (χ2n) is 3.12. The molecule has 1 aliphatic rings. The maximum Gasteiger partial charge on any atom is 0.0455 e. The molecule has 0 aromatic heterocycles. The van der Waals surface area contributed by atoms with Crippen LogP contribution in [0.4, 0.5) is 5.69 Å². The second kappa shape index (κ2) is 3.48. The van der Waals surface area contributed by atoms with Gasteiger partial charge in [0.05, 0.1) is 0 Å². The lowest BCUT2D eigenvalue weighted by Gasteiger charge is -2.08. The lowest BCUT2D eigenvalue weighted by atomic mass is 10.2. The smallest absolute Gasteiger partial charge is 0.0455 e. The van der Waals surface area contributed by atoms with Crippen molar-refractivity contribution in [3.63, 3.8) is 0 Å². The molecular weight excluding hydrogens is 158 g/mol. The molecule has 0 saturated heterocycles. The Morgan fingerprint density at radius 2 is 2.08 bits per heavy atom. The van der Waals surface area contributed by atoms with Gasteiger partial charge in [-0.05, 0) is 24.1 Å². The van der Waals surface area contributed by atoms with E-state index in [4.69, 9.17) is 0 Å². The summed E-state index contributed by atoms with van der Waals surface area (Å²) in [5, 5.41) is 3.41. The minimum Gasteiger partial charge on any atom is -0.358 e. The molecule has 0 aliphatic carbocycles. The normalized spacial score (nSPS) is 14.1. The molecule has 0 radical (unpaired) electrons. The number of allylic oxidation sites excluding steroid dienone is 3. The molecular formula is C12H13N. The highest BCUT2D eigenvalue weighted by molar-refractivity contribution is 5.70. The first-order valence-electron chi connectivity index (χ1n) is 4.63. The van der Waals surface area contributed by atoms with Crippen LogP contribution in [-0.4, -0.2) is 0 Å². The summed E-state index contributed by atoms with van der Waals surface area (Å²) in [5.41, 5.74) is 3.72. The minimum absolute atomic E-state index is 1.04. The molecule has 2 rings (SSSR count). The Hall–Kier alpha value is -1.50. The number of hydrogen-bond acceptors (Lipinski definition) is 1. The Balaban J connectivity index is 2.40. The molecule has 1 aliphatic heterocycles. The predicted molar refractivity (Wildman–Crippen MR) is 57.5 cm³/mol. The number of rotatable bonds is 1. The van der Waals surface area contributed by atoms with E-state index in [9.17, 15) is 0 Å². The van der Waals surface area contributed by atoms with E-state index in [1.807, 2.05) is 0 Å². The minimum atomic E-state index is 1.04. The number of para-hydroxylation sites is 1. The largest absolute Gasteiger partial charge is 0.358 e. The molecule has 1 aromatic rings. The summed E-state index contributed by atoms with van der Waals surface area (Å²) in [6, 6.07) is 8.33. The number of fused-ring (bicyclic) bond motifs is 1. The van der Waals surface area contributed by atoms with E-state index in [0.717, 1.165) is 6.42 Å². The van der Waals surface area contributed by atoms with Crippen LogP contribution in [0.25, 0.3) is 6.08 Å². The van der Waals surface area contributed by atoms with Gasteiger partial charge in [0.25, 0.3) is 0 Å². The summed E-state index contributed by atoms with van der Waals surface area (Å²) in [6.45, 7) is 2.15. The molecule has 0 atom stereocenters. The molecule has 0 amide bonds. The van der Waals surface area contributed by atoms with Crippen LogP contribution < -0.4 is 5.32 Å². The summed E-state index contributed by atoms with van der Waals surface area (Å²) in [7, 11) is 0. The number of anilines is 1. The van der Waals surface area contributed by atoms with Crippen molar-refractivity contribution in [3.8, 4) is 0 Å². The Bertz CT molecular complexity index is 361. The van der Waals surface area contributed by atoms with E-state index in [2.05, 4.69) is 54.7 Å². The van der Waals surface area contributed by atoms with E-state index < -0.39 is 0 Å². The lowest BCUT2D eigenvalue weighted by molar-refractivity contribution is 1.11. The van der Waals surface area contributed by atoms with Crippen molar-refractivity contribution < 1.29 is 0 Å². The highest BCUT2D eigenvalue weighted by atomic mass is 14.9. The number of nitrogens with one attached hydrogen (secondary N) is 1. The van der Waals surface area contributed by atoms with Gasteiger partial charge in [0.15, 0.2) is 0 Å². The molecule has 1 N–H and O–H groups in total. The van der Waals surface area contributed by atoms with E-state index in [1.165, 1.54) is 16.9 Å². The molecule has 13 heavy (non-hydrogen) atoms. The van der Waals surface area contributed by atoms with Crippen LogP contribution in [-0.2, 0) is 0 Å². The third-order valence-corrected chi connectivity index (χ3v) is 2.21. The molecule has 66 valence electrons. The summed E-state index contributed by atoms with van der Waals surface area (Å²) in [5.74, 6) is 0. The van der Waals surface area contributed by atoms with E-state index in [1.54, 1.807) is 0 Å². The molecule has 1 aromatic carbocycles. The highest BCUT2D eigenvalue weighted by Crippen LogP contribution is 2.21. The van der Waals surface area contributed by atoms with Gasteiger partial charge in [-0.2, -0.15) is 0 Å². The monoisotopic (exact) mass is 171 g/mol. The summed E-state index contributed by atoms with van der Waals surface area (Å²) in [6.07, 6.45) is 7.39. The second-order valence-corrected chi connectivity index (χ2v) is 3.12. The van der Waals surface area contributed by atoms with Crippen LogP contribution in [0, 0.1) is 0 Å². The third-order valence-electron chi connectivity index (χ3n) is 2.21. The fourth-order valence-corrected chi connectivity index (χ4v) is 1.44. The zero-order chi connectivity index (χ0) is 9.10. The fraction of sp³-hybridized carbons (Fsp3) is 0.167. The van der Waals surface area contributed by atoms with E-state index in [-0.39, 0.29) is 0 Å². The molecule has 0 unspecified atom stereocenters. The van der Waals surface area contributed by atoms with Crippen molar-refractivity contribution in [1.82, 2.24) is 0 Å². The molecule has 0 saturated carbocycles. The summed E-state index contributed by atoms with van der Waals surface area (Å²) >= 11 is 0. The average Bonchev–Trinajstić information content (AvgIpc) is 2.38. The molecule has 0 bridgehead atoms. The van der Waals surface area contributed by atoms with Crippen molar-refractivity contribution in [2.75, 3.05) is 5.32 Å². The first-order chi connectivity index (χ1) is 6.40. The van der Waals surface area contributed by atoms with Gasteiger partial charge in [0, 0.05) is 11.4 Å². The van der Waals surface area contributed by atoms with Gasteiger partial charge in [0.1, 0.15) is 0 Å². The zero-order valence-corrected chi connectivity index (χ0v) is 7.75. The molecule has 0 spiro atoms. The van der Waals surface area contributed by atoms with Crippen LogP contribution in [0.5, 0.6) is 0 Å². The van der Waals surface area contributed by atoms with Crippen molar-refractivity contribution in [2.24, 2.45) is 0 Å². The molecule has 1 heterocycles. The van der Waals surface area contributed by atoms with Crippen LogP contribution in [0.2, 0.25) is 0 Å². The first kappa shape index (κ1) is 8.11. The van der Waals surface area contributed by atoms with Gasteiger partial charge in [-0.25, -0.2) is 0 Å². The standard InChI is InChI=1S/C12H13N/c1-2-11-8-5-7-10-6-3-4-9-12(10)13-11/h3-9,13H,2H2,1H3. The Morgan fingerprint density at radius 3 is 2.92 bits per heavy atom. The van der Waals surface area contributed by atoms with Crippen molar-refractivity contribution >= 4 is 11.8 Å². The van der Waals surface area contributed by atoms with Gasteiger partial charge in [-0.15, -0.1) is 0 Å². The van der Waals surface area contributed by atoms with Gasteiger partial charge in [0.2, 0.25) is 0 Å². The Morgan fingerprint density at radius 1 is 1.23 bits per heavy atom. The predicted octanol–water partition coefficient (Wildman–Crippen LogP) is 3.42. The van der Waals surface area contributed by atoms with Crippen molar-refractivity contribution in [1.29, 1.82) is 0 Å². The fourth-order valence-electron chi connectivity index (χ4n) is 1.44. The van der Waals surface area contributed by atoms with Crippen molar-refractivity contribution in [3.05, 3.63) is 47.7 Å².